The number of aromatic nitrogens is 2. The predicted molar refractivity (Wildman–Crippen MR) is 73.4 cm³/mol. The van der Waals surface area contributed by atoms with Gasteiger partial charge in [-0.15, -0.1) is 0 Å². The van der Waals surface area contributed by atoms with Gasteiger partial charge < -0.3 is 5.11 Å². The van der Waals surface area contributed by atoms with Crippen molar-refractivity contribution in [2.24, 2.45) is 13.0 Å². The van der Waals surface area contributed by atoms with Crippen LogP contribution < -0.4 is 0 Å². The van der Waals surface area contributed by atoms with Crippen LogP contribution in [-0.4, -0.2) is 14.9 Å². The SMILES string of the molecule is Cn1cc(C(O)C2CCCCC2)c(C(C)(C)C)n1. The van der Waals surface area contributed by atoms with Crippen molar-refractivity contribution in [1.82, 2.24) is 9.78 Å². The molecule has 1 fully saturated rings. The average Bonchev–Trinajstić information content (AvgIpc) is 2.71. The van der Waals surface area contributed by atoms with Gasteiger partial charge in [0.1, 0.15) is 0 Å². The molecular formula is C15H26N2O. The van der Waals surface area contributed by atoms with E-state index in [0.29, 0.717) is 5.92 Å². The van der Waals surface area contributed by atoms with Gasteiger partial charge >= 0.3 is 0 Å². The highest BCUT2D eigenvalue weighted by Gasteiger charge is 2.30. The second-order valence-corrected chi connectivity index (χ2v) is 6.70. The quantitative estimate of drug-likeness (QED) is 0.874. The first kappa shape index (κ1) is 13.6. The van der Waals surface area contributed by atoms with Crippen molar-refractivity contribution in [2.45, 2.75) is 64.4 Å². The molecule has 1 aliphatic rings. The van der Waals surface area contributed by atoms with Crippen LogP contribution in [0.3, 0.4) is 0 Å². The molecule has 0 radical (unpaired) electrons. The van der Waals surface area contributed by atoms with Gasteiger partial charge in [-0.1, -0.05) is 40.0 Å². The molecule has 1 saturated carbocycles. The van der Waals surface area contributed by atoms with Crippen molar-refractivity contribution in [3.8, 4) is 0 Å². The summed E-state index contributed by atoms with van der Waals surface area (Å²) >= 11 is 0. The fraction of sp³-hybridized carbons (Fsp3) is 0.800. The maximum Gasteiger partial charge on any atom is 0.0851 e. The number of rotatable bonds is 2. The summed E-state index contributed by atoms with van der Waals surface area (Å²) in [7, 11) is 1.94. The van der Waals surface area contributed by atoms with Gasteiger partial charge in [-0.2, -0.15) is 5.10 Å². The molecule has 0 saturated heterocycles. The van der Waals surface area contributed by atoms with E-state index in [-0.39, 0.29) is 11.5 Å². The summed E-state index contributed by atoms with van der Waals surface area (Å²) in [5.41, 5.74) is 2.08. The van der Waals surface area contributed by atoms with Crippen molar-refractivity contribution in [1.29, 1.82) is 0 Å². The Morgan fingerprint density at radius 2 is 1.89 bits per heavy atom. The van der Waals surface area contributed by atoms with Crippen molar-refractivity contribution in [3.05, 3.63) is 17.5 Å². The lowest BCUT2D eigenvalue weighted by Crippen LogP contribution is -2.21. The Balaban J connectivity index is 2.26. The van der Waals surface area contributed by atoms with Crippen LogP contribution in [-0.2, 0) is 12.5 Å². The highest BCUT2D eigenvalue weighted by atomic mass is 16.3. The van der Waals surface area contributed by atoms with Crippen molar-refractivity contribution < 1.29 is 5.11 Å². The maximum absolute atomic E-state index is 10.6. The first-order valence-electron chi connectivity index (χ1n) is 7.11. The monoisotopic (exact) mass is 250 g/mol. The van der Waals surface area contributed by atoms with Gasteiger partial charge in [-0.05, 0) is 18.8 Å². The first-order chi connectivity index (χ1) is 8.39. The van der Waals surface area contributed by atoms with E-state index >= 15 is 0 Å². The van der Waals surface area contributed by atoms with Gasteiger partial charge in [0.15, 0.2) is 0 Å². The Morgan fingerprint density at radius 3 is 2.44 bits per heavy atom. The summed E-state index contributed by atoms with van der Waals surface area (Å²) in [5, 5.41) is 15.2. The summed E-state index contributed by atoms with van der Waals surface area (Å²) in [6.45, 7) is 6.48. The van der Waals surface area contributed by atoms with Crippen LogP contribution >= 0.6 is 0 Å². The van der Waals surface area contributed by atoms with Crippen LogP contribution in [0.5, 0.6) is 0 Å². The molecular weight excluding hydrogens is 224 g/mol. The summed E-state index contributed by atoms with van der Waals surface area (Å²) in [6.07, 6.45) is 7.80. The van der Waals surface area contributed by atoms with E-state index < -0.39 is 0 Å². The van der Waals surface area contributed by atoms with Crippen LogP contribution in [0.15, 0.2) is 6.20 Å². The molecule has 102 valence electrons. The molecule has 1 aliphatic carbocycles. The lowest BCUT2D eigenvalue weighted by molar-refractivity contribution is 0.0832. The number of aliphatic hydroxyl groups excluding tert-OH is 1. The van der Waals surface area contributed by atoms with Crippen molar-refractivity contribution >= 4 is 0 Å². The largest absolute Gasteiger partial charge is 0.388 e. The molecule has 0 bridgehead atoms. The van der Waals surface area contributed by atoms with Gasteiger partial charge in [-0.3, -0.25) is 4.68 Å². The average molecular weight is 250 g/mol. The predicted octanol–water partition coefficient (Wildman–Crippen LogP) is 3.33. The second kappa shape index (κ2) is 5.04. The molecule has 1 unspecified atom stereocenters. The lowest BCUT2D eigenvalue weighted by Gasteiger charge is -2.28. The van der Waals surface area contributed by atoms with E-state index in [1.165, 1.54) is 19.3 Å². The van der Waals surface area contributed by atoms with Crippen LogP contribution in [0.4, 0.5) is 0 Å². The minimum atomic E-state index is -0.340. The number of hydrogen-bond acceptors (Lipinski definition) is 2. The van der Waals surface area contributed by atoms with E-state index in [1.54, 1.807) is 0 Å². The molecule has 0 amide bonds. The molecule has 1 atom stereocenters. The van der Waals surface area contributed by atoms with Gasteiger partial charge in [0.2, 0.25) is 0 Å². The smallest absolute Gasteiger partial charge is 0.0851 e. The van der Waals surface area contributed by atoms with E-state index in [1.807, 2.05) is 17.9 Å². The fourth-order valence-corrected chi connectivity index (χ4v) is 3.01. The minimum absolute atomic E-state index is 0.00770. The number of hydrogen-bond donors (Lipinski definition) is 1. The maximum atomic E-state index is 10.6. The lowest BCUT2D eigenvalue weighted by atomic mass is 9.80. The first-order valence-corrected chi connectivity index (χ1v) is 7.11. The Bertz CT molecular complexity index is 397. The number of aryl methyl sites for hydroxylation is 1. The Kier molecular flexibility index (Phi) is 3.81. The zero-order valence-corrected chi connectivity index (χ0v) is 12.1. The van der Waals surface area contributed by atoms with Crippen LogP contribution in [0.25, 0.3) is 0 Å². The van der Waals surface area contributed by atoms with E-state index in [0.717, 1.165) is 24.1 Å². The highest BCUT2D eigenvalue weighted by Crippen LogP contribution is 2.37. The third kappa shape index (κ3) is 2.77. The van der Waals surface area contributed by atoms with Crippen LogP contribution in [0, 0.1) is 5.92 Å². The number of nitrogens with zero attached hydrogens (tertiary/aromatic N) is 2. The summed E-state index contributed by atoms with van der Waals surface area (Å²) in [6, 6.07) is 0. The van der Waals surface area contributed by atoms with Crippen LogP contribution in [0.1, 0.15) is 70.2 Å². The molecule has 3 nitrogen and oxygen atoms in total. The van der Waals surface area contributed by atoms with Gasteiger partial charge in [-0.25, -0.2) is 0 Å². The molecule has 18 heavy (non-hydrogen) atoms. The van der Waals surface area contributed by atoms with E-state index in [9.17, 15) is 5.11 Å². The zero-order valence-electron chi connectivity index (χ0n) is 12.1. The second-order valence-electron chi connectivity index (χ2n) is 6.70. The highest BCUT2D eigenvalue weighted by molar-refractivity contribution is 5.26. The summed E-state index contributed by atoms with van der Waals surface area (Å²) < 4.78 is 1.84. The topological polar surface area (TPSA) is 38.0 Å². The molecule has 2 rings (SSSR count). The van der Waals surface area contributed by atoms with Crippen molar-refractivity contribution in [3.63, 3.8) is 0 Å². The van der Waals surface area contributed by atoms with Gasteiger partial charge in [0.05, 0.1) is 11.8 Å². The Morgan fingerprint density at radius 1 is 1.28 bits per heavy atom. The number of aliphatic hydroxyl groups is 1. The third-order valence-corrected chi connectivity index (χ3v) is 3.98. The van der Waals surface area contributed by atoms with E-state index in [4.69, 9.17) is 0 Å². The molecule has 1 heterocycles. The molecule has 1 aromatic rings. The third-order valence-electron chi connectivity index (χ3n) is 3.98. The fourth-order valence-electron chi connectivity index (χ4n) is 3.01. The van der Waals surface area contributed by atoms with Gasteiger partial charge in [0.25, 0.3) is 0 Å². The van der Waals surface area contributed by atoms with E-state index in [2.05, 4.69) is 25.9 Å². The molecule has 1 N–H and O–H groups in total. The molecule has 0 spiro atoms. The van der Waals surface area contributed by atoms with Crippen LogP contribution in [0.2, 0.25) is 0 Å². The normalized spacial score (nSPS) is 20.1. The standard InChI is InChI=1S/C15H26N2O/c1-15(2,3)14-12(10-17(4)16-14)13(18)11-8-6-5-7-9-11/h10-11,13,18H,5-9H2,1-4H3. The summed E-state index contributed by atoms with van der Waals surface area (Å²) in [5.74, 6) is 0.420. The Labute approximate surface area is 110 Å². The molecule has 0 aromatic carbocycles. The molecule has 0 aliphatic heterocycles. The molecule has 3 heteroatoms. The summed E-state index contributed by atoms with van der Waals surface area (Å²) in [4.78, 5) is 0. The zero-order chi connectivity index (χ0) is 13.3. The van der Waals surface area contributed by atoms with Crippen molar-refractivity contribution in [2.75, 3.05) is 0 Å². The molecule has 1 aromatic heterocycles. The Hall–Kier alpha value is -0.830. The van der Waals surface area contributed by atoms with Gasteiger partial charge in [0, 0.05) is 24.2 Å². The minimum Gasteiger partial charge on any atom is -0.388 e.